The van der Waals surface area contributed by atoms with Crippen molar-refractivity contribution in [1.29, 1.82) is 0 Å². The lowest BCUT2D eigenvalue weighted by atomic mass is 10.1. The minimum Gasteiger partial charge on any atom is -0.488 e. The first-order valence-electron chi connectivity index (χ1n) is 7.03. The second-order valence-corrected chi connectivity index (χ2v) is 5.68. The standard InChI is InChI=1S/C19H17BrO/c1-14-6-4-9-16(12-20)19(14)21-13-17-10-5-8-15-7-2-3-11-18(15)17/h2-11H,12-13H2,1H3. The number of benzene rings is 3. The van der Waals surface area contributed by atoms with Crippen molar-refractivity contribution in [1.82, 2.24) is 0 Å². The van der Waals surface area contributed by atoms with Crippen LogP contribution in [0.1, 0.15) is 16.7 Å². The van der Waals surface area contributed by atoms with E-state index in [1.807, 2.05) is 0 Å². The molecule has 0 N–H and O–H groups in total. The Hall–Kier alpha value is -1.80. The third-order valence-corrected chi connectivity index (χ3v) is 4.29. The summed E-state index contributed by atoms with van der Waals surface area (Å²) < 4.78 is 6.12. The van der Waals surface area contributed by atoms with E-state index in [2.05, 4.69) is 83.5 Å². The molecular weight excluding hydrogens is 324 g/mol. The summed E-state index contributed by atoms with van der Waals surface area (Å²) in [6.07, 6.45) is 0. The van der Waals surface area contributed by atoms with Crippen molar-refractivity contribution in [2.45, 2.75) is 18.9 Å². The van der Waals surface area contributed by atoms with E-state index in [-0.39, 0.29) is 0 Å². The van der Waals surface area contributed by atoms with Gasteiger partial charge in [0.05, 0.1) is 0 Å². The molecule has 0 atom stereocenters. The van der Waals surface area contributed by atoms with Crippen LogP contribution in [0.4, 0.5) is 0 Å². The molecule has 3 aromatic rings. The smallest absolute Gasteiger partial charge is 0.126 e. The summed E-state index contributed by atoms with van der Waals surface area (Å²) in [5, 5.41) is 3.32. The van der Waals surface area contributed by atoms with Crippen molar-refractivity contribution in [2.24, 2.45) is 0 Å². The first kappa shape index (κ1) is 14.2. The fraction of sp³-hybridized carbons (Fsp3) is 0.158. The molecule has 0 fully saturated rings. The number of para-hydroxylation sites is 1. The van der Waals surface area contributed by atoms with Gasteiger partial charge in [-0.2, -0.15) is 0 Å². The normalized spacial score (nSPS) is 10.8. The van der Waals surface area contributed by atoms with E-state index in [1.54, 1.807) is 0 Å². The number of fused-ring (bicyclic) bond motifs is 1. The maximum Gasteiger partial charge on any atom is 0.126 e. The summed E-state index contributed by atoms with van der Waals surface area (Å²) in [7, 11) is 0. The fourth-order valence-corrected chi connectivity index (χ4v) is 3.03. The van der Waals surface area contributed by atoms with Gasteiger partial charge in [-0.05, 0) is 28.8 Å². The van der Waals surface area contributed by atoms with Gasteiger partial charge < -0.3 is 4.74 Å². The predicted octanol–water partition coefficient (Wildman–Crippen LogP) is 5.62. The quantitative estimate of drug-likeness (QED) is 0.560. The van der Waals surface area contributed by atoms with Crippen LogP contribution in [-0.2, 0) is 11.9 Å². The minimum atomic E-state index is 0.589. The van der Waals surface area contributed by atoms with Crippen LogP contribution in [0, 0.1) is 6.92 Å². The summed E-state index contributed by atoms with van der Waals surface area (Å²) in [4.78, 5) is 0. The highest BCUT2D eigenvalue weighted by atomic mass is 79.9. The van der Waals surface area contributed by atoms with Gasteiger partial charge >= 0.3 is 0 Å². The largest absolute Gasteiger partial charge is 0.488 e. The highest BCUT2D eigenvalue weighted by molar-refractivity contribution is 9.08. The van der Waals surface area contributed by atoms with Crippen LogP contribution in [0.5, 0.6) is 5.75 Å². The van der Waals surface area contributed by atoms with E-state index < -0.39 is 0 Å². The molecule has 0 heterocycles. The number of aryl methyl sites for hydroxylation is 1. The third-order valence-electron chi connectivity index (χ3n) is 3.69. The first-order valence-corrected chi connectivity index (χ1v) is 8.15. The summed E-state index contributed by atoms with van der Waals surface area (Å²) in [6, 6.07) is 21.0. The molecule has 0 aliphatic heterocycles. The lowest BCUT2D eigenvalue weighted by Gasteiger charge is -2.14. The predicted molar refractivity (Wildman–Crippen MR) is 92.1 cm³/mol. The van der Waals surface area contributed by atoms with Crippen molar-refractivity contribution in [3.63, 3.8) is 0 Å². The van der Waals surface area contributed by atoms with E-state index in [0.29, 0.717) is 6.61 Å². The number of ether oxygens (including phenoxy) is 1. The van der Waals surface area contributed by atoms with Crippen molar-refractivity contribution in [3.8, 4) is 5.75 Å². The monoisotopic (exact) mass is 340 g/mol. The molecule has 0 saturated heterocycles. The zero-order valence-electron chi connectivity index (χ0n) is 12.0. The molecule has 21 heavy (non-hydrogen) atoms. The van der Waals surface area contributed by atoms with E-state index in [4.69, 9.17) is 4.74 Å². The number of hydrogen-bond donors (Lipinski definition) is 0. The van der Waals surface area contributed by atoms with Gasteiger partial charge in [0.1, 0.15) is 12.4 Å². The van der Waals surface area contributed by atoms with Crippen molar-refractivity contribution >= 4 is 26.7 Å². The zero-order valence-corrected chi connectivity index (χ0v) is 13.6. The Bertz CT molecular complexity index is 759. The molecule has 0 bridgehead atoms. The van der Waals surface area contributed by atoms with Gasteiger partial charge in [0.25, 0.3) is 0 Å². The summed E-state index contributed by atoms with van der Waals surface area (Å²) in [5.74, 6) is 0.988. The minimum absolute atomic E-state index is 0.589. The number of hydrogen-bond acceptors (Lipinski definition) is 1. The van der Waals surface area contributed by atoms with Crippen LogP contribution < -0.4 is 4.74 Å². The summed E-state index contributed by atoms with van der Waals surface area (Å²) in [5.41, 5.74) is 3.58. The molecule has 0 radical (unpaired) electrons. The zero-order chi connectivity index (χ0) is 14.7. The van der Waals surface area contributed by atoms with E-state index in [9.17, 15) is 0 Å². The average molecular weight is 341 g/mol. The molecule has 1 nitrogen and oxygen atoms in total. The maximum atomic E-state index is 6.12. The molecule has 0 spiro atoms. The highest BCUT2D eigenvalue weighted by Gasteiger charge is 2.07. The Morgan fingerprint density at radius 3 is 2.43 bits per heavy atom. The summed E-state index contributed by atoms with van der Waals surface area (Å²) >= 11 is 3.53. The van der Waals surface area contributed by atoms with E-state index >= 15 is 0 Å². The Labute approximate surface area is 133 Å². The van der Waals surface area contributed by atoms with Gasteiger partial charge in [0.2, 0.25) is 0 Å². The maximum absolute atomic E-state index is 6.12. The Balaban J connectivity index is 1.91. The highest BCUT2D eigenvalue weighted by Crippen LogP contribution is 2.27. The molecule has 2 heteroatoms. The lowest BCUT2D eigenvalue weighted by molar-refractivity contribution is 0.303. The van der Waals surface area contributed by atoms with Gasteiger partial charge in [-0.3, -0.25) is 0 Å². The number of alkyl halides is 1. The first-order chi connectivity index (χ1) is 10.3. The van der Waals surface area contributed by atoms with Crippen LogP contribution >= 0.6 is 15.9 Å². The van der Waals surface area contributed by atoms with E-state index in [0.717, 1.165) is 11.1 Å². The third kappa shape index (κ3) is 2.96. The Kier molecular flexibility index (Phi) is 4.26. The van der Waals surface area contributed by atoms with Gasteiger partial charge in [-0.1, -0.05) is 76.6 Å². The van der Waals surface area contributed by atoms with Crippen LogP contribution in [0.25, 0.3) is 10.8 Å². The molecule has 0 unspecified atom stereocenters. The molecule has 0 aromatic heterocycles. The molecular formula is C19H17BrO. The Morgan fingerprint density at radius 2 is 1.57 bits per heavy atom. The SMILES string of the molecule is Cc1cccc(CBr)c1OCc1cccc2ccccc12. The lowest BCUT2D eigenvalue weighted by Crippen LogP contribution is -2.00. The van der Waals surface area contributed by atoms with Crippen LogP contribution in [-0.4, -0.2) is 0 Å². The van der Waals surface area contributed by atoms with Crippen molar-refractivity contribution < 1.29 is 4.74 Å². The fourth-order valence-electron chi connectivity index (χ4n) is 2.59. The second kappa shape index (κ2) is 6.31. The molecule has 106 valence electrons. The van der Waals surface area contributed by atoms with Gasteiger partial charge in [-0.25, -0.2) is 0 Å². The van der Waals surface area contributed by atoms with Crippen molar-refractivity contribution in [2.75, 3.05) is 0 Å². The summed E-state index contributed by atoms with van der Waals surface area (Å²) in [6.45, 7) is 2.68. The van der Waals surface area contributed by atoms with Gasteiger partial charge in [0, 0.05) is 10.9 Å². The van der Waals surface area contributed by atoms with Gasteiger partial charge in [0.15, 0.2) is 0 Å². The Morgan fingerprint density at radius 1 is 0.857 bits per heavy atom. The average Bonchev–Trinajstić information content (AvgIpc) is 2.53. The molecule has 0 saturated carbocycles. The molecule has 0 aliphatic carbocycles. The van der Waals surface area contributed by atoms with Crippen LogP contribution in [0.3, 0.4) is 0 Å². The molecule has 0 aliphatic rings. The van der Waals surface area contributed by atoms with Crippen molar-refractivity contribution in [3.05, 3.63) is 77.4 Å². The molecule has 0 amide bonds. The number of halogens is 1. The van der Waals surface area contributed by atoms with Gasteiger partial charge in [-0.15, -0.1) is 0 Å². The second-order valence-electron chi connectivity index (χ2n) is 5.12. The topological polar surface area (TPSA) is 9.23 Å². The molecule has 3 aromatic carbocycles. The van der Waals surface area contributed by atoms with E-state index in [1.165, 1.54) is 27.5 Å². The van der Waals surface area contributed by atoms with Crippen LogP contribution in [0.15, 0.2) is 60.7 Å². The number of rotatable bonds is 4. The molecule has 3 rings (SSSR count). The van der Waals surface area contributed by atoms with Crippen LogP contribution in [0.2, 0.25) is 0 Å².